The summed E-state index contributed by atoms with van der Waals surface area (Å²) in [6, 6.07) is 9.51. The Morgan fingerprint density at radius 2 is 1.92 bits per heavy atom. The number of hydrogen-bond donors (Lipinski definition) is 1. The van der Waals surface area contributed by atoms with Gasteiger partial charge in [-0.2, -0.15) is 0 Å². The van der Waals surface area contributed by atoms with E-state index >= 15 is 0 Å². The molecular weight excluding hydrogens is 312 g/mol. The summed E-state index contributed by atoms with van der Waals surface area (Å²) >= 11 is 0. The lowest BCUT2D eigenvalue weighted by Crippen LogP contribution is -2.53. The number of carbonyl (C=O) groups is 3. The molecule has 1 aromatic rings. The molecule has 2 aliphatic heterocycles. The maximum absolute atomic E-state index is 12.3. The summed E-state index contributed by atoms with van der Waals surface area (Å²) in [4.78, 5) is 38.4. The minimum absolute atomic E-state index is 0.0190. The van der Waals surface area contributed by atoms with Crippen molar-refractivity contribution in [2.75, 3.05) is 19.7 Å². The smallest absolute Gasteiger partial charge is 0.303 e. The second-order valence-electron chi connectivity index (χ2n) is 6.12. The molecule has 0 spiro atoms. The van der Waals surface area contributed by atoms with Gasteiger partial charge in [0, 0.05) is 26.1 Å². The minimum atomic E-state index is -0.989. The van der Waals surface area contributed by atoms with E-state index in [-0.39, 0.29) is 43.4 Å². The molecule has 2 aliphatic rings. The second-order valence-corrected chi connectivity index (χ2v) is 6.12. The number of amides is 2. The number of morpholine rings is 1. The SMILES string of the molecule is O=C(O)CCC(=O)N1CC2OCC(=O)N(Cc3ccccc3)C2C1. The molecule has 2 amide bonds. The first-order valence-corrected chi connectivity index (χ1v) is 7.99. The summed E-state index contributed by atoms with van der Waals surface area (Å²) in [5, 5.41) is 8.70. The average molecular weight is 332 g/mol. The first kappa shape index (κ1) is 16.4. The fourth-order valence-corrected chi connectivity index (χ4v) is 3.23. The Hall–Kier alpha value is -2.41. The van der Waals surface area contributed by atoms with E-state index < -0.39 is 5.97 Å². The third-order valence-corrected chi connectivity index (χ3v) is 4.48. The summed E-state index contributed by atoms with van der Waals surface area (Å²) < 4.78 is 5.59. The van der Waals surface area contributed by atoms with Crippen LogP contribution in [0, 0.1) is 0 Å². The van der Waals surface area contributed by atoms with Crippen LogP contribution in [-0.2, 0) is 25.7 Å². The van der Waals surface area contributed by atoms with E-state index in [9.17, 15) is 14.4 Å². The Balaban J connectivity index is 1.67. The second kappa shape index (κ2) is 7.00. The van der Waals surface area contributed by atoms with Crippen molar-refractivity contribution >= 4 is 17.8 Å². The van der Waals surface area contributed by atoms with Crippen LogP contribution in [0.2, 0.25) is 0 Å². The molecule has 2 atom stereocenters. The zero-order valence-electron chi connectivity index (χ0n) is 13.3. The highest BCUT2D eigenvalue weighted by molar-refractivity contribution is 5.82. The van der Waals surface area contributed by atoms with Gasteiger partial charge < -0.3 is 19.6 Å². The van der Waals surface area contributed by atoms with Gasteiger partial charge in [0.1, 0.15) is 6.61 Å². The van der Waals surface area contributed by atoms with Gasteiger partial charge in [-0.3, -0.25) is 14.4 Å². The van der Waals surface area contributed by atoms with E-state index in [1.807, 2.05) is 30.3 Å². The molecular formula is C17H20N2O5. The van der Waals surface area contributed by atoms with Gasteiger partial charge in [0.05, 0.1) is 18.6 Å². The lowest BCUT2D eigenvalue weighted by Gasteiger charge is -2.36. The third kappa shape index (κ3) is 3.56. The Morgan fingerprint density at radius 1 is 1.17 bits per heavy atom. The van der Waals surface area contributed by atoms with E-state index in [2.05, 4.69) is 0 Å². The van der Waals surface area contributed by atoms with Crippen molar-refractivity contribution in [2.24, 2.45) is 0 Å². The number of nitrogens with zero attached hydrogens (tertiary/aromatic N) is 2. The molecule has 2 fully saturated rings. The molecule has 1 aromatic carbocycles. The Morgan fingerprint density at radius 3 is 2.62 bits per heavy atom. The van der Waals surface area contributed by atoms with Crippen LogP contribution >= 0.6 is 0 Å². The maximum Gasteiger partial charge on any atom is 0.303 e. The van der Waals surface area contributed by atoms with Crippen LogP contribution in [0.15, 0.2) is 30.3 Å². The average Bonchev–Trinajstić information content (AvgIpc) is 3.01. The standard InChI is InChI=1S/C17H20N2O5/c20-15(6-7-17(22)23)18-9-13-14(10-18)24-11-16(21)19(13)8-12-4-2-1-3-5-12/h1-5,13-14H,6-11H2,(H,22,23). The number of carboxylic acid groups (broad SMARTS) is 1. The molecule has 7 heteroatoms. The quantitative estimate of drug-likeness (QED) is 0.848. The van der Waals surface area contributed by atoms with Crippen LogP contribution in [0.3, 0.4) is 0 Å². The van der Waals surface area contributed by atoms with Gasteiger partial charge in [0.25, 0.3) is 0 Å². The van der Waals surface area contributed by atoms with Crippen LogP contribution in [0.25, 0.3) is 0 Å². The summed E-state index contributed by atoms with van der Waals surface area (Å²) in [7, 11) is 0. The van der Waals surface area contributed by atoms with Crippen molar-refractivity contribution in [1.82, 2.24) is 9.80 Å². The number of fused-ring (bicyclic) bond motifs is 1. The normalized spacial score (nSPS) is 23.2. The van der Waals surface area contributed by atoms with Crippen LogP contribution in [0.1, 0.15) is 18.4 Å². The van der Waals surface area contributed by atoms with Gasteiger partial charge in [-0.25, -0.2) is 0 Å². The molecule has 3 rings (SSSR count). The number of likely N-dealkylation sites (tertiary alicyclic amines) is 1. The zero-order valence-corrected chi connectivity index (χ0v) is 13.3. The molecule has 128 valence electrons. The number of aliphatic carboxylic acids is 1. The Labute approximate surface area is 139 Å². The lowest BCUT2D eigenvalue weighted by molar-refractivity contribution is -0.153. The highest BCUT2D eigenvalue weighted by atomic mass is 16.5. The molecule has 24 heavy (non-hydrogen) atoms. The highest BCUT2D eigenvalue weighted by Crippen LogP contribution is 2.25. The maximum atomic E-state index is 12.3. The number of ether oxygens (including phenoxy) is 1. The van der Waals surface area contributed by atoms with E-state index in [0.29, 0.717) is 19.6 Å². The van der Waals surface area contributed by atoms with Crippen molar-refractivity contribution in [1.29, 1.82) is 0 Å². The van der Waals surface area contributed by atoms with Crippen molar-refractivity contribution in [3.8, 4) is 0 Å². The van der Waals surface area contributed by atoms with Crippen molar-refractivity contribution in [3.63, 3.8) is 0 Å². The summed E-state index contributed by atoms with van der Waals surface area (Å²) in [5.41, 5.74) is 1.03. The molecule has 2 saturated heterocycles. The number of benzene rings is 1. The van der Waals surface area contributed by atoms with Gasteiger partial charge in [0.15, 0.2) is 0 Å². The third-order valence-electron chi connectivity index (χ3n) is 4.48. The molecule has 2 unspecified atom stereocenters. The van der Waals surface area contributed by atoms with Gasteiger partial charge in [-0.1, -0.05) is 30.3 Å². The minimum Gasteiger partial charge on any atom is -0.481 e. The Bertz CT molecular complexity index is 633. The highest BCUT2D eigenvalue weighted by Gasteiger charge is 2.44. The first-order chi connectivity index (χ1) is 11.5. The number of carbonyl (C=O) groups excluding carboxylic acids is 2. The number of hydrogen-bond acceptors (Lipinski definition) is 4. The zero-order chi connectivity index (χ0) is 17.1. The predicted molar refractivity (Wildman–Crippen MR) is 84.0 cm³/mol. The fraction of sp³-hybridized carbons (Fsp3) is 0.471. The number of rotatable bonds is 5. The van der Waals surface area contributed by atoms with Crippen molar-refractivity contribution in [2.45, 2.75) is 31.5 Å². The van der Waals surface area contributed by atoms with Crippen molar-refractivity contribution < 1.29 is 24.2 Å². The van der Waals surface area contributed by atoms with Crippen molar-refractivity contribution in [3.05, 3.63) is 35.9 Å². The Kier molecular flexibility index (Phi) is 4.80. The molecule has 0 bridgehead atoms. The summed E-state index contributed by atoms with van der Waals surface area (Å²) in [6.07, 6.45) is -0.417. The first-order valence-electron chi connectivity index (χ1n) is 7.99. The van der Waals surface area contributed by atoms with Gasteiger partial charge in [-0.15, -0.1) is 0 Å². The van der Waals surface area contributed by atoms with Gasteiger partial charge in [-0.05, 0) is 5.56 Å². The molecule has 0 aromatic heterocycles. The molecule has 0 radical (unpaired) electrons. The monoisotopic (exact) mass is 332 g/mol. The van der Waals surface area contributed by atoms with Crippen LogP contribution in [0.4, 0.5) is 0 Å². The predicted octanol–water partition coefficient (Wildman–Crippen LogP) is 0.490. The van der Waals surface area contributed by atoms with Gasteiger partial charge >= 0.3 is 5.97 Å². The number of carboxylic acids is 1. The molecule has 1 N–H and O–H groups in total. The van der Waals surface area contributed by atoms with Crippen LogP contribution in [-0.4, -0.2) is 64.5 Å². The molecule has 0 aliphatic carbocycles. The van der Waals surface area contributed by atoms with Gasteiger partial charge in [0.2, 0.25) is 11.8 Å². The molecule has 7 nitrogen and oxygen atoms in total. The molecule has 2 heterocycles. The van der Waals surface area contributed by atoms with E-state index in [0.717, 1.165) is 5.56 Å². The van der Waals surface area contributed by atoms with Crippen LogP contribution in [0.5, 0.6) is 0 Å². The largest absolute Gasteiger partial charge is 0.481 e. The topological polar surface area (TPSA) is 87.1 Å². The van der Waals surface area contributed by atoms with E-state index in [1.54, 1.807) is 9.80 Å². The molecule has 0 saturated carbocycles. The van der Waals surface area contributed by atoms with E-state index in [4.69, 9.17) is 9.84 Å². The fourth-order valence-electron chi connectivity index (χ4n) is 3.23. The van der Waals surface area contributed by atoms with E-state index in [1.165, 1.54) is 0 Å². The lowest BCUT2D eigenvalue weighted by atomic mass is 10.1. The van der Waals surface area contributed by atoms with Crippen LogP contribution < -0.4 is 0 Å². The summed E-state index contributed by atoms with van der Waals surface area (Å²) in [5.74, 6) is -1.28. The summed E-state index contributed by atoms with van der Waals surface area (Å²) in [6.45, 7) is 1.30.